The number of benzene rings is 1. The van der Waals surface area contributed by atoms with Crippen molar-refractivity contribution in [1.29, 1.82) is 0 Å². The molecule has 0 saturated carbocycles. The van der Waals surface area contributed by atoms with Crippen molar-refractivity contribution in [3.8, 4) is 0 Å². The number of para-hydroxylation sites is 1. The van der Waals surface area contributed by atoms with Crippen molar-refractivity contribution in [3.05, 3.63) is 41.9 Å². The molecule has 3 N–H and O–H groups in total. The van der Waals surface area contributed by atoms with Crippen LogP contribution in [0.2, 0.25) is 0 Å². The van der Waals surface area contributed by atoms with Crippen LogP contribution in [0.5, 0.6) is 0 Å². The van der Waals surface area contributed by atoms with Crippen molar-refractivity contribution < 1.29 is 24.9 Å². The molecule has 3 heterocycles. The number of rotatable bonds is 4. The van der Waals surface area contributed by atoms with Crippen molar-refractivity contribution in [2.75, 3.05) is 6.61 Å². The maximum atomic E-state index is 11.9. The molecule has 1 aromatic carbocycles. The Labute approximate surface area is 153 Å². The van der Waals surface area contributed by atoms with Gasteiger partial charge in [-0.15, -0.1) is 15.0 Å². The molecule has 0 unspecified atom stereocenters. The molecule has 1 aliphatic heterocycles. The summed E-state index contributed by atoms with van der Waals surface area (Å²) >= 11 is 0. The Morgan fingerprint density at radius 2 is 2.04 bits per heavy atom. The van der Waals surface area contributed by atoms with Gasteiger partial charge in [-0.25, -0.2) is 0 Å². The Morgan fingerprint density at radius 3 is 2.81 bits per heavy atom. The van der Waals surface area contributed by atoms with Crippen LogP contribution in [-0.2, 0) is 11.3 Å². The summed E-state index contributed by atoms with van der Waals surface area (Å²) in [5.41, 5.74) is 1.48. The number of ether oxygens (including phenoxy) is 1. The molecule has 1 fully saturated rings. The molecule has 4 atom stereocenters. The monoisotopic (exact) mass is 373 g/mol. The summed E-state index contributed by atoms with van der Waals surface area (Å²) in [5, 5.41) is 42.3. The maximum Gasteiger partial charge on any atom is 0.199 e. The Bertz CT molecular complexity index is 983. The van der Waals surface area contributed by atoms with Gasteiger partial charge in [0.05, 0.1) is 13.2 Å². The first kappa shape index (κ1) is 17.7. The Hall–Kier alpha value is -2.66. The molecular weight excluding hydrogens is 354 g/mol. The van der Waals surface area contributed by atoms with Crippen LogP contribution in [-0.4, -0.2) is 70.8 Å². The van der Waals surface area contributed by atoms with Gasteiger partial charge in [0.2, 0.25) is 0 Å². The largest absolute Gasteiger partial charge is 0.388 e. The summed E-state index contributed by atoms with van der Waals surface area (Å²) in [4.78, 5) is 13.0. The van der Waals surface area contributed by atoms with Gasteiger partial charge in [-0.1, -0.05) is 18.2 Å². The zero-order chi connectivity index (χ0) is 19.1. The van der Waals surface area contributed by atoms with Crippen LogP contribution in [0, 0.1) is 0 Å². The van der Waals surface area contributed by atoms with Crippen LogP contribution in [0.25, 0.3) is 10.9 Å². The minimum absolute atomic E-state index is 0.0344. The number of fused-ring (bicyclic) bond motifs is 1. The summed E-state index contributed by atoms with van der Waals surface area (Å²) in [7, 11) is 0. The van der Waals surface area contributed by atoms with E-state index in [2.05, 4.69) is 15.4 Å². The fourth-order valence-corrected chi connectivity index (χ4v) is 3.23. The average molecular weight is 373 g/mol. The SMILES string of the molecule is CC(=O)c1cn(Cc2nnn([C@H]3OC[C@H](O)[C@@H](O)[C@@H]3O)n2)c2ccccc12. The Morgan fingerprint density at radius 1 is 1.26 bits per heavy atom. The molecular formula is C17H19N5O5. The number of ketones is 1. The first-order chi connectivity index (χ1) is 13.0. The molecule has 0 radical (unpaired) electrons. The molecule has 0 amide bonds. The predicted octanol–water partition coefficient (Wildman–Crippen LogP) is -0.510. The summed E-state index contributed by atoms with van der Waals surface area (Å²) in [5.74, 6) is 0.315. The smallest absolute Gasteiger partial charge is 0.199 e. The third kappa shape index (κ3) is 3.12. The van der Waals surface area contributed by atoms with Gasteiger partial charge >= 0.3 is 0 Å². The van der Waals surface area contributed by atoms with Crippen LogP contribution in [0.3, 0.4) is 0 Å². The van der Waals surface area contributed by atoms with E-state index in [0.29, 0.717) is 11.4 Å². The van der Waals surface area contributed by atoms with E-state index in [-0.39, 0.29) is 18.9 Å². The summed E-state index contributed by atoms with van der Waals surface area (Å²) in [6.07, 6.45) is -3.20. The number of aromatic nitrogens is 5. The second kappa shape index (κ2) is 6.82. The predicted molar refractivity (Wildman–Crippen MR) is 91.9 cm³/mol. The highest BCUT2D eigenvalue weighted by molar-refractivity contribution is 6.06. The third-order valence-corrected chi connectivity index (χ3v) is 4.65. The van der Waals surface area contributed by atoms with Crippen LogP contribution < -0.4 is 0 Å². The number of tetrazole rings is 1. The zero-order valence-electron chi connectivity index (χ0n) is 14.5. The lowest BCUT2D eigenvalue weighted by atomic mass is 10.0. The van der Waals surface area contributed by atoms with Crippen molar-refractivity contribution in [1.82, 2.24) is 24.8 Å². The molecule has 27 heavy (non-hydrogen) atoms. The van der Waals surface area contributed by atoms with E-state index in [1.54, 1.807) is 6.20 Å². The van der Waals surface area contributed by atoms with Crippen molar-refractivity contribution in [2.45, 2.75) is 38.0 Å². The maximum absolute atomic E-state index is 11.9. The van der Waals surface area contributed by atoms with E-state index in [4.69, 9.17) is 4.74 Å². The standard InChI is InChI=1S/C17H19N5O5/c1-9(23)11-6-21(12-5-3-2-4-10(11)12)7-14-18-20-22(19-14)17-16(26)15(25)13(24)8-27-17/h2-6,13,15-17,24-26H,7-8H2,1H3/t13-,15+,16-,17-/m0/s1. The second-order valence-electron chi connectivity index (χ2n) is 6.54. The quantitative estimate of drug-likeness (QED) is 0.520. The van der Waals surface area contributed by atoms with E-state index in [0.717, 1.165) is 15.7 Å². The number of aliphatic hydroxyl groups is 3. The zero-order valence-corrected chi connectivity index (χ0v) is 14.5. The van der Waals surface area contributed by atoms with Crippen LogP contribution in [0.15, 0.2) is 30.5 Å². The number of hydrogen-bond acceptors (Lipinski definition) is 8. The topological polar surface area (TPSA) is 136 Å². The highest BCUT2D eigenvalue weighted by atomic mass is 16.5. The average Bonchev–Trinajstić information content (AvgIpc) is 3.26. The lowest BCUT2D eigenvalue weighted by molar-refractivity contribution is -0.217. The molecule has 1 aliphatic rings. The number of nitrogens with zero attached hydrogens (tertiary/aromatic N) is 5. The molecule has 2 aromatic heterocycles. The number of carbonyl (C=O) groups is 1. The lowest BCUT2D eigenvalue weighted by Crippen LogP contribution is -2.51. The number of hydrogen-bond donors (Lipinski definition) is 3. The molecule has 4 rings (SSSR count). The van der Waals surface area contributed by atoms with E-state index in [9.17, 15) is 20.1 Å². The Balaban J connectivity index is 1.60. The van der Waals surface area contributed by atoms with Gasteiger partial charge in [-0.3, -0.25) is 4.79 Å². The molecule has 10 nitrogen and oxygen atoms in total. The van der Waals surface area contributed by atoms with Gasteiger partial charge in [-0.2, -0.15) is 0 Å². The van der Waals surface area contributed by atoms with E-state index in [1.807, 2.05) is 28.8 Å². The van der Waals surface area contributed by atoms with Gasteiger partial charge in [0.15, 0.2) is 17.8 Å². The molecule has 0 bridgehead atoms. The molecule has 0 aliphatic carbocycles. The third-order valence-electron chi connectivity index (χ3n) is 4.65. The van der Waals surface area contributed by atoms with E-state index >= 15 is 0 Å². The molecule has 3 aromatic rings. The highest BCUT2D eigenvalue weighted by Crippen LogP contribution is 2.24. The number of Topliss-reactive ketones (excluding diaryl/α,β-unsaturated/α-hetero) is 1. The Kier molecular flexibility index (Phi) is 4.48. The summed E-state index contributed by atoms with van der Waals surface area (Å²) < 4.78 is 7.17. The highest BCUT2D eigenvalue weighted by Gasteiger charge is 2.39. The van der Waals surface area contributed by atoms with Crippen LogP contribution in [0.4, 0.5) is 0 Å². The van der Waals surface area contributed by atoms with Crippen LogP contribution >= 0.6 is 0 Å². The molecule has 10 heteroatoms. The van der Waals surface area contributed by atoms with Gasteiger partial charge in [0.25, 0.3) is 0 Å². The molecule has 0 spiro atoms. The number of carbonyl (C=O) groups excluding carboxylic acids is 1. The second-order valence-corrected chi connectivity index (χ2v) is 6.54. The van der Waals surface area contributed by atoms with Crippen molar-refractivity contribution in [2.24, 2.45) is 0 Å². The number of aliphatic hydroxyl groups excluding tert-OH is 3. The van der Waals surface area contributed by atoms with Crippen LogP contribution in [0.1, 0.15) is 29.3 Å². The van der Waals surface area contributed by atoms with Crippen molar-refractivity contribution in [3.63, 3.8) is 0 Å². The van der Waals surface area contributed by atoms with Gasteiger partial charge in [0.1, 0.15) is 18.3 Å². The molecule has 1 saturated heterocycles. The van der Waals surface area contributed by atoms with Crippen molar-refractivity contribution >= 4 is 16.7 Å². The molecule has 142 valence electrons. The normalized spacial score (nSPS) is 25.8. The fourth-order valence-electron chi connectivity index (χ4n) is 3.23. The van der Waals surface area contributed by atoms with Gasteiger partial charge < -0.3 is 24.6 Å². The fraction of sp³-hybridized carbons (Fsp3) is 0.412. The summed E-state index contributed by atoms with van der Waals surface area (Å²) in [6.45, 7) is 1.63. The minimum Gasteiger partial charge on any atom is -0.388 e. The van der Waals surface area contributed by atoms with E-state index in [1.165, 1.54) is 6.92 Å². The minimum atomic E-state index is -1.38. The van der Waals surface area contributed by atoms with Gasteiger partial charge in [-0.05, 0) is 18.2 Å². The first-order valence-electron chi connectivity index (χ1n) is 8.48. The lowest BCUT2D eigenvalue weighted by Gasteiger charge is -2.33. The van der Waals surface area contributed by atoms with Gasteiger partial charge in [0, 0.05) is 22.7 Å². The first-order valence-corrected chi connectivity index (χ1v) is 8.48. The summed E-state index contributed by atoms with van der Waals surface area (Å²) in [6, 6.07) is 7.53. The van der Waals surface area contributed by atoms with E-state index < -0.39 is 24.5 Å².